The third-order valence-electron chi connectivity index (χ3n) is 3.03. The second-order valence-electron chi connectivity index (χ2n) is 4.71. The quantitative estimate of drug-likeness (QED) is 0.642. The molecule has 0 spiro atoms. The van der Waals surface area contributed by atoms with Crippen molar-refractivity contribution in [3.63, 3.8) is 0 Å². The number of methoxy groups -OCH3 is 1. The summed E-state index contributed by atoms with van der Waals surface area (Å²) in [4.78, 5) is 23.4. The summed E-state index contributed by atoms with van der Waals surface area (Å²) in [5, 5.41) is 2.98. The molecule has 5 nitrogen and oxygen atoms in total. The van der Waals surface area contributed by atoms with Crippen molar-refractivity contribution in [2.24, 2.45) is 0 Å². The Morgan fingerprint density at radius 3 is 2.58 bits per heavy atom. The second kappa shape index (κ2) is 8.74. The summed E-state index contributed by atoms with van der Waals surface area (Å²) in [6, 6.07) is 14.0. The number of ether oxygens (including phenoxy) is 2. The van der Waals surface area contributed by atoms with E-state index in [0.717, 1.165) is 5.56 Å². The van der Waals surface area contributed by atoms with Crippen LogP contribution in [0.4, 0.5) is 5.69 Å². The average Bonchev–Trinajstić information content (AvgIpc) is 2.60. The molecule has 2 aromatic carbocycles. The molecule has 0 heterocycles. The summed E-state index contributed by atoms with van der Waals surface area (Å²) in [7, 11) is 1.55. The Balaban J connectivity index is 1.85. The molecule has 0 saturated heterocycles. The first-order chi connectivity index (χ1) is 11.6. The zero-order valence-electron chi connectivity index (χ0n) is 13.0. The van der Waals surface area contributed by atoms with Gasteiger partial charge in [-0.25, -0.2) is 4.79 Å². The highest BCUT2D eigenvalue weighted by atomic mass is 35.5. The van der Waals surface area contributed by atoms with E-state index in [0.29, 0.717) is 16.5 Å². The molecule has 0 aliphatic carbocycles. The Morgan fingerprint density at radius 2 is 1.83 bits per heavy atom. The average molecular weight is 346 g/mol. The predicted molar refractivity (Wildman–Crippen MR) is 93.1 cm³/mol. The van der Waals surface area contributed by atoms with E-state index in [9.17, 15) is 9.59 Å². The molecule has 0 fully saturated rings. The molecule has 0 aliphatic heterocycles. The minimum atomic E-state index is -0.629. The first-order valence-corrected chi connectivity index (χ1v) is 7.50. The Kier molecular flexibility index (Phi) is 6.40. The number of halogens is 1. The van der Waals surface area contributed by atoms with Crippen molar-refractivity contribution >= 4 is 35.2 Å². The van der Waals surface area contributed by atoms with Crippen molar-refractivity contribution in [1.82, 2.24) is 0 Å². The lowest BCUT2D eigenvalue weighted by Crippen LogP contribution is -2.20. The number of rotatable bonds is 6. The van der Waals surface area contributed by atoms with Gasteiger partial charge in [0.1, 0.15) is 5.75 Å². The van der Waals surface area contributed by atoms with Gasteiger partial charge in [-0.05, 0) is 24.3 Å². The van der Waals surface area contributed by atoms with Crippen LogP contribution in [0.15, 0.2) is 54.6 Å². The van der Waals surface area contributed by atoms with Crippen molar-refractivity contribution in [1.29, 1.82) is 0 Å². The van der Waals surface area contributed by atoms with Crippen molar-refractivity contribution in [3.05, 3.63) is 65.2 Å². The lowest BCUT2D eigenvalue weighted by atomic mass is 10.2. The van der Waals surface area contributed by atoms with Gasteiger partial charge in [0, 0.05) is 11.6 Å². The van der Waals surface area contributed by atoms with Crippen LogP contribution in [0.1, 0.15) is 5.56 Å². The van der Waals surface area contributed by atoms with E-state index in [1.54, 1.807) is 49.6 Å². The fourth-order valence-corrected chi connectivity index (χ4v) is 2.08. The fourth-order valence-electron chi connectivity index (χ4n) is 1.90. The molecule has 124 valence electrons. The van der Waals surface area contributed by atoms with Crippen LogP contribution in [-0.4, -0.2) is 25.6 Å². The van der Waals surface area contributed by atoms with Gasteiger partial charge in [-0.2, -0.15) is 0 Å². The third-order valence-corrected chi connectivity index (χ3v) is 3.36. The third kappa shape index (κ3) is 5.14. The van der Waals surface area contributed by atoms with Crippen LogP contribution in [0, 0.1) is 0 Å². The number of nitrogens with one attached hydrogen (secondary N) is 1. The summed E-state index contributed by atoms with van der Waals surface area (Å²) in [5.74, 6) is -0.463. The molecule has 0 bridgehead atoms. The number of amides is 1. The molecule has 0 aliphatic rings. The van der Waals surface area contributed by atoms with E-state index in [1.807, 2.05) is 12.1 Å². The maximum atomic E-state index is 11.8. The maximum Gasteiger partial charge on any atom is 0.331 e. The number of esters is 1. The van der Waals surface area contributed by atoms with Crippen LogP contribution in [0.5, 0.6) is 5.75 Å². The molecule has 2 aromatic rings. The van der Waals surface area contributed by atoms with E-state index in [-0.39, 0.29) is 0 Å². The van der Waals surface area contributed by atoms with Gasteiger partial charge in [0.15, 0.2) is 6.61 Å². The van der Waals surface area contributed by atoms with Gasteiger partial charge in [0.05, 0.1) is 17.8 Å². The lowest BCUT2D eigenvalue weighted by Gasteiger charge is -2.07. The molecule has 6 heteroatoms. The highest BCUT2D eigenvalue weighted by Crippen LogP contribution is 2.20. The molecule has 0 unspecified atom stereocenters. The van der Waals surface area contributed by atoms with Crippen LogP contribution >= 0.6 is 11.6 Å². The van der Waals surface area contributed by atoms with Gasteiger partial charge in [0.25, 0.3) is 5.91 Å². The zero-order chi connectivity index (χ0) is 17.4. The molecule has 0 atom stereocenters. The van der Waals surface area contributed by atoms with Gasteiger partial charge in [0.2, 0.25) is 0 Å². The van der Waals surface area contributed by atoms with Gasteiger partial charge in [-0.1, -0.05) is 41.9 Å². The predicted octanol–water partition coefficient (Wildman–Crippen LogP) is 3.54. The second-order valence-corrected chi connectivity index (χ2v) is 5.12. The van der Waals surface area contributed by atoms with Crippen LogP contribution in [-0.2, 0) is 14.3 Å². The van der Waals surface area contributed by atoms with Crippen LogP contribution < -0.4 is 10.1 Å². The Morgan fingerprint density at radius 1 is 1.12 bits per heavy atom. The molecule has 1 N–H and O–H groups in total. The van der Waals surface area contributed by atoms with Crippen LogP contribution in [0.3, 0.4) is 0 Å². The number of carbonyl (C=O) groups is 2. The summed E-state index contributed by atoms with van der Waals surface area (Å²) < 4.78 is 10.1. The van der Waals surface area contributed by atoms with Crippen LogP contribution in [0.2, 0.25) is 5.02 Å². The Bertz CT molecular complexity index is 758. The zero-order valence-corrected chi connectivity index (χ0v) is 13.7. The number of carbonyl (C=O) groups excluding carboxylic acids is 2. The molecule has 0 saturated carbocycles. The van der Waals surface area contributed by atoms with Gasteiger partial charge in [-0.3, -0.25) is 4.79 Å². The smallest absolute Gasteiger partial charge is 0.331 e. The van der Waals surface area contributed by atoms with Crippen molar-refractivity contribution in [3.8, 4) is 5.75 Å². The maximum absolute atomic E-state index is 11.8. The Hall–Kier alpha value is -2.79. The standard InChI is InChI=1S/C18H16ClNO4/c1-23-16-9-5-2-6-13(16)10-11-18(22)24-12-17(21)20-15-8-4-3-7-14(15)19/h2-11H,12H2,1H3,(H,20,21)/b11-10+. The number of benzene rings is 2. The van der Waals surface area contributed by atoms with E-state index in [1.165, 1.54) is 6.08 Å². The van der Waals surface area contributed by atoms with Crippen molar-refractivity contribution < 1.29 is 19.1 Å². The first-order valence-electron chi connectivity index (χ1n) is 7.12. The molecule has 0 aromatic heterocycles. The number of hydrogen-bond acceptors (Lipinski definition) is 4. The minimum Gasteiger partial charge on any atom is -0.496 e. The normalized spacial score (nSPS) is 10.4. The molecule has 0 radical (unpaired) electrons. The van der Waals surface area contributed by atoms with Gasteiger partial charge < -0.3 is 14.8 Å². The Labute approximate surface area is 144 Å². The van der Waals surface area contributed by atoms with Gasteiger partial charge in [-0.15, -0.1) is 0 Å². The fraction of sp³-hybridized carbons (Fsp3) is 0.111. The molecule has 2 rings (SSSR count). The van der Waals surface area contributed by atoms with Crippen LogP contribution in [0.25, 0.3) is 6.08 Å². The van der Waals surface area contributed by atoms with E-state index < -0.39 is 18.5 Å². The van der Waals surface area contributed by atoms with E-state index in [2.05, 4.69) is 5.32 Å². The summed E-state index contributed by atoms with van der Waals surface area (Å²) in [5.41, 5.74) is 1.20. The molecular weight excluding hydrogens is 330 g/mol. The minimum absolute atomic E-state index is 0.402. The topological polar surface area (TPSA) is 64.6 Å². The van der Waals surface area contributed by atoms with E-state index in [4.69, 9.17) is 21.1 Å². The van der Waals surface area contributed by atoms with Gasteiger partial charge >= 0.3 is 5.97 Å². The molecule has 1 amide bonds. The summed E-state index contributed by atoms with van der Waals surface area (Å²) >= 11 is 5.93. The van der Waals surface area contributed by atoms with Crippen molar-refractivity contribution in [2.45, 2.75) is 0 Å². The monoisotopic (exact) mass is 345 g/mol. The number of para-hydroxylation sites is 2. The van der Waals surface area contributed by atoms with Crippen molar-refractivity contribution in [2.75, 3.05) is 19.0 Å². The largest absolute Gasteiger partial charge is 0.496 e. The number of anilines is 1. The first kappa shape index (κ1) is 17.6. The summed E-state index contributed by atoms with van der Waals surface area (Å²) in [6.45, 7) is -0.402. The molecule has 24 heavy (non-hydrogen) atoms. The highest BCUT2D eigenvalue weighted by molar-refractivity contribution is 6.33. The molecular formula is C18H16ClNO4. The number of hydrogen-bond donors (Lipinski definition) is 1. The SMILES string of the molecule is COc1ccccc1/C=C/C(=O)OCC(=O)Nc1ccccc1Cl. The lowest BCUT2D eigenvalue weighted by molar-refractivity contribution is -0.142. The van der Waals surface area contributed by atoms with E-state index >= 15 is 0 Å². The summed E-state index contributed by atoms with van der Waals surface area (Å²) in [6.07, 6.45) is 2.80. The highest BCUT2D eigenvalue weighted by Gasteiger charge is 2.08.